The van der Waals surface area contributed by atoms with Gasteiger partial charge in [-0.25, -0.2) is 0 Å². The molecule has 6 heteroatoms. The van der Waals surface area contributed by atoms with Crippen LogP contribution in [0.3, 0.4) is 0 Å². The molecule has 0 N–H and O–H groups in total. The number of thioether (sulfide) groups is 1. The van der Waals surface area contributed by atoms with Gasteiger partial charge in [0, 0.05) is 4.90 Å². The fourth-order valence-corrected chi connectivity index (χ4v) is 2.28. The van der Waals surface area contributed by atoms with E-state index < -0.39 is 0 Å². The van der Waals surface area contributed by atoms with E-state index in [2.05, 4.69) is 41.3 Å². The van der Waals surface area contributed by atoms with Gasteiger partial charge in [-0.05, 0) is 26.0 Å². The number of carbonyl (C=O) groups is 1. The summed E-state index contributed by atoms with van der Waals surface area (Å²) in [5.41, 5.74) is 1.23. The molecule has 0 aliphatic rings. The number of esters is 1. The molecule has 0 spiro atoms. The van der Waals surface area contributed by atoms with Crippen LogP contribution in [0.15, 0.2) is 33.7 Å². The quantitative estimate of drug-likeness (QED) is 0.602. The molecule has 106 valence electrons. The van der Waals surface area contributed by atoms with Crippen LogP contribution in [0.25, 0.3) is 0 Å². The number of benzene rings is 1. The van der Waals surface area contributed by atoms with Gasteiger partial charge >= 0.3 is 5.97 Å². The molecule has 2 rings (SSSR count). The lowest BCUT2D eigenvalue weighted by Crippen LogP contribution is -2.07. The first-order valence-corrected chi connectivity index (χ1v) is 7.32. The number of hydrogen-bond acceptors (Lipinski definition) is 6. The van der Waals surface area contributed by atoms with E-state index in [0.717, 1.165) is 4.90 Å². The van der Waals surface area contributed by atoms with Gasteiger partial charge in [0.05, 0.1) is 12.4 Å². The Bertz CT molecular complexity index is 566. The van der Waals surface area contributed by atoms with E-state index in [1.807, 2.05) is 0 Å². The Morgan fingerprint density at radius 2 is 2.10 bits per heavy atom. The van der Waals surface area contributed by atoms with Crippen molar-refractivity contribution in [3.63, 3.8) is 0 Å². The number of ether oxygens (including phenoxy) is 1. The lowest BCUT2D eigenvalue weighted by atomic mass is 10.2. The number of aryl methyl sites for hydroxylation is 1. The molecule has 1 aromatic carbocycles. The van der Waals surface area contributed by atoms with Crippen LogP contribution in [-0.2, 0) is 21.7 Å². The van der Waals surface area contributed by atoms with Crippen molar-refractivity contribution in [1.82, 2.24) is 10.1 Å². The van der Waals surface area contributed by atoms with E-state index >= 15 is 0 Å². The molecular weight excluding hydrogens is 276 g/mol. The van der Waals surface area contributed by atoms with Crippen molar-refractivity contribution in [3.8, 4) is 0 Å². The van der Waals surface area contributed by atoms with Gasteiger partial charge in [0.2, 0.25) is 5.89 Å². The largest absolute Gasteiger partial charge is 0.466 e. The maximum Gasteiger partial charge on any atom is 0.315 e. The number of nitrogens with zero attached hydrogens (tertiary/aromatic N) is 2. The molecule has 0 amide bonds. The molecule has 1 heterocycles. The molecule has 0 saturated carbocycles. The zero-order valence-corrected chi connectivity index (χ0v) is 12.3. The SMILES string of the molecule is CCOC(=O)Cc1nc(CSc2ccc(C)cc2)no1. The fraction of sp³-hybridized carbons (Fsp3) is 0.357. The Morgan fingerprint density at radius 1 is 1.35 bits per heavy atom. The van der Waals surface area contributed by atoms with Crippen molar-refractivity contribution in [2.45, 2.75) is 30.9 Å². The lowest BCUT2D eigenvalue weighted by Gasteiger charge is -1.98. The van der Waals surface area contributed by atoms with E-state index in [4.69, 9.17) is 9.26 Å². The highest BCUT2D eigenvalue weighted by Crippen LogP contribution is 2.21. The summed E-state index contributed by atoms with van der Waals surface area (Å²) < 4.78 is 9.84. The van der Waals surface area contributed by atoms with Gasteiger partial charge < -0.3 is 9.26 Å². The summed E-state index contributed by atoms with van der Waals surface area (Å²) in [7, 11) is 0. The Kier molecular flexibility index (Phi) is 5.17. The van der Waals surface area contributed by atoms with Crippen molar-refractivity contribution in [2.24, 2.45) is 0 Å². The van der Waals surface area contributed by atoms with Gasteiger partial charge in [-0.3, -0.25) is 4.79 Å². The van der Waals surface area contributed by atoms with Crippen LogP contribution in [0.1, 0.15) is 24.2 Å². The fourth-order valence-electron chi connectivity index (χ4n) is 1.54. The Balaban J connectivity index is 1.86. The van der Waals surface area contributed by atoms with Crippen LogP contribution in [0.4, 0.5) is 0 Å². The summed E-state index contributed by atoms with van der Waals surface area (Å²) in [6.07, 6.45) is 0.0238. The second kappa shape index (κ2) is 7.09. The van der Waals surface area contributed by atoms with Crippen molar-refractivity contribution >= 4 is 17.7 Å². The van der Waals surface area contributed by atoms with Gasteiger partial charge in [0.15, 0.2) is 5.82 Å². The first-order chi connectivity index (χ1) is 9.67. The molecule has 1 aromatic heterocycles. The molecule has 0 saturated heterocycles. The van der Waals surface area contributed by atoms with Crippen LogP contribution in [0, 0.1) is 6.92 Å². The van der Waals surface area contributed by atoms with Crippen molar-refractivity contribution in [2.75, 3.05) is 6.61 Å². The van der Waals surface area contributed by atoms with Crippen LogP contribution in [0.2, 0.25) is 0 Å². The average molecular weight is 292 g/mol. The summed E-state index contributed by atoms with van der Waals surface area (Å²) in [6.45, 7) is 4.16. The molecule has 0 aliphatic heterocycles. The molecule has 0 radical (unpaired) electrons. The highest BCUT2D eigenvalue weighted by Gasteiger charge is 2.12. The third kappa shape index (κ3) is 4.38. The van der Waals surface area contributed by atoms with Crippen LogP contribution >= 0.6 is 11.8 Å². The first kappa shape index (κ1) is 14.6. The summed E-state index contributed by atoms with van der Waals surface area (Å²) >= 11 is 1.62. The molecule has 0 unspecified atom stereocenters. The van der Waals surface area contributed by atoms with E-state index in [1.54, 1.807) is 18.7 Å². The highest BCUT2D eigenvalue weighted by atomic mass is 32.2. The third-order valence-electron chi connectivity index (χ3n) is 2.50. The molecule has 0 atom stereocenters. The maximum absolute atomic E-state index is 11.3. The Hall–Kier alpha value is -1.82. The van der Waals surface area contributed by atoms with Crippen LogP contribution < -0.4 is 0 Å². The number of carbonyl (C=O) groups excluding carboxylic acids is 1. The van der Waals surface area contributed by atoms with Crippen molar-refractivity contribution in [1.29, 1.82) is 0 Å². The van der Waals surface area contributed by atoms with Gasteiger partial charge in [-0.2, -0.15) is 4.98 Å². The van der Waals surface area contributed by atoms with E-state index in [1.165, 1.54) is 5.56 Å². The molecule has 0 fully saturated rings. The normalized spacial score (nSPS) is 10.5. The van der Waals surface area contributed by atoms with Gasteiger partial charge in [0.1, 0.15) is 6.42 Å². The third-order valence-corrected chi connectivity index (χ3v) is 3.51. The van der Waals surface area contributed by atoms with Crippen LogP contribution in [-0.4, -0.2) is 22.7 Å². The predicted molar refractivity (Wildman–Crippen MR) is 75.4 cm³/mol. The van der Waals surface area contributed by atoms with Gasteiger partial charge in [-0.15, -0.1) is 11.8 Å². The summed E-state index contributed by atoms with van der Waals surface area (Å²) in [5, 5.41) is 3.85. The molecular formula is C14H16N2O3S. The minimum atomic E-state index is -0.353. The second-order valence-electron chi connectivity index (χ2n) is 4.19. The summed E-state index contributed by atoms with van der Waals surface area (Å²) in [6, 6.07) is 8.23. The first-order valence-electron chi connectivity index (χ1n) is 6.34. The smallest absolute Gasteiger partial charge is 0.315 e. The lowest BCUT2D eigenvalue weighted by molar-refractivity contribution is -0.142. The molecule has 0 bridgehead atoms. The summed E-state index contributed by atoms with van der Waals surface area (Å²) in [4.78, 5) is 16.6. The summed E-state index contributed by atoms with van der Waals surface area (Å²) in [5.74, 6) is 1.13. The number of hydrogen-bond donors (Lipinski definition) is 0. The van der Waals surface area contributed by atoms with Crippen molar-refractivity contribution in [3.05, 3.63) is 41.5 Å². The second-order valence-corrected chi connectivity index (χ2v) is 5.24. The van der Waals surface area contributed by atoms with Crippen LogP contribution in [0.5, 0.6) is 0 Å². The standard InChI is InChI=1S/C14H16N2O3S/c1-3-18-14(17)8-13-15-12(16-19-13)9-20-11-6-4-10(2)5-7-11/h4-7H,3,8-9H2,1-2H3. The number of rotatable bonds is 6. The minimum absolute atomic E-state index is 0.0238. The van der Waals surface area contributed by atoms with Crippen molar-refractivity contribution < 1.29 is 14.1 Å². The van der Waals surface area contributed by atoms with E-state index in [9.17, 15) is 4.79 Å². The molecule has 0 aliphatic carbocycles. The monoisotopic (exact) mass is 292 g/mol. The van der Waals surface area contributed by atoms with Gasteiger partial charge in [-0.1, -0.05) is 22.9 Å². The predicted octanol–water partition coefficient (Wildman–Crippen LogP) is 2.78. The molecule has 5 nitrogen and oxygen atoms in total. The van der Waals surface area contributed by atoms with Gasteiger partial charge in [0.25, 0.3) is 0 Å². The zero-order valence-electron chi connectivity index (χ0n) is 11.5. The minimum Gasteiger partial charge on any atom is -0.466 e. The molecule has 2 aromatic rings. The molecule has 20 heavy (non-hydrogen) atoms. The number of aromatic nitrogens is 2. The van der Waals surface area contributed by atoms with E-state index in [0.29, 0.717) is 24.1 Å². The highest BCUT2D eigenvalue weighted by molar-refractivity contribution is 7.98. The van der Waals surface area contributed by atoms with E-state index in [-0.39, 0.29) is 12.4 Å². The zero-order chi connectivity index (χ0) is 14.4. The Morgan fingerprint density at radius 3 is 2.80 bits per heavy atom. The Labute approximate surface area is 121 Å². The average Bonchev–Trinajstić information content (AvgIpc) is 2.86. The topological polar surface area (TPSA) is 65.2 Å². The maximum atomic E-state index is 11.3.